The molecule has 0 spiro atoms. The van der Waals surface area contributed by atoms with Gasteiger partial charge >= 0.3 is 5.97 Å². The third-order valence-electron chi connectivity index (χ3n) is 1.81. The molecule has 0 aliphatic rings. The molecule has 1 aromatic rings. The van der Waals surface area contributed by atoms with Crippen LogP contribution < -0.4 is 0 Å². The predicted octanol–water partition coefficient (Wildman–Crippen LogP) is 1.68. The lowest BCUT2D eigenvalue weighted by Crippen LogP contribution is -2.02. The van der Waals surface area contributed by atoms with Crippen molar-refractivity contribution < 1.29 is 14.3 Å². The molecule has 0 bridgehead atoms. The monoisotopic (exact) mass is 202 g/mol. The highest BCUT2D eigenvalue weighted by atomic mass is 16.5. The van der Waals surface area contributed by atoms with E-state index in [1.54, 1.807) is 19.1 Å². The van der Waals surface area contributed by atoms with Crippen LogP contribution >= 0.6 is 0 Å². The van der Waals surface area contributed by atoms with E-state index in [1.807, 2.05) is 0 Å². The third-order valence-corrected chi connectivity index (χ3v) is 1.81. The predicted molar refractivity (Wildman–Crippen MR) is 55.6 cm³/mol. The summed E-state index contributed by atoms with van der Waals surface area (Å²) in [5.41, 5.74) is 0.885. The van der Waals surface area contributed by atoms with Gasteiger partial charge < -0.3 is 4.74 Å². The van der Waals surface area contributed by atoms with Gasteiger partial charge in [-0.3, -0.25) is 4.79 Å². The SMILES string of the molecule is CC#CC(=O)c1ccc(C(=O)OC)cc1. The molecular formula is C12H10O3. The molecule has 1 aromatic carbocycles. The lowest BCUT2D eigenvalue weighted by Gasteiger charge is -1.99. The number of benzene rings is 1. The largest absolute Gasteiger partial charge is 0.465 e. The van der Waals surface area contributed by atoms with Gasteiger partial charge in [-0.2, -0.15) is 0 Å². The van der Waals surface area contributed by atoms with E-state index in [9.17, 15) is 9.59 Å². The summed E-state index contributed by atoms with van der Waals surface area (Å²) in [6.45, 7) is 1.60. The molecule has 0 radical (unpaired) electrons. The van der Waals surface area contributed by atoms with Crippen LogP contribution in [0, 0.1) is 11.8 Å². The van der Waals surface area contributed by atoms with Crippen LogP contribution in [0.15, 0.2) is 24.3 Å². The topological polar surface area (TPSA) is 43.4 Å². The first-order valence-corrected chi connectivity index (χ1v) is 4.34. The second kappa shape index (κ2) is 4.97. The van der Waals surface area contributed by atoms with Crippen LogP contribution in [0.3, 0.4) is 0 Å². The van der Waals surface area contributed by atoms with Gasteiger partial charge in [0.05, 0.1) is 12.7 Å². The quantitative estimate of drug-likeness (QED) is 0.317. The van der Waals surface area contributed by atoms with Crippen molar-refractivity contribution in [1.29, 1.82) is 0 Å². The van der Waals surface area contributed by atoms with Gasteiger partial charge in [-0.05, 0) is 37.1 Å². The first-order valence-electron chi connectivity index (χ1n) is 4.34. The molecule has 0 unspecified atom stereocenters. The van der Waals surface area contributed by atoms with E-state index in [0.717, 1.165) is 0 Å². The molecule has 0 atom stereocenters. The summed E-state index contributed by atoms with van der Waals surface area (Å²) in [5, 5.41) is 0. The van der Waals surface area contributed by atoms with E-state index < -0.39 is 5.97 Å². The number of hydrogen-bond acceptors (Lipinski definition) is 3. The molecule has 0 N–H and O–H groups in total. The van der Waals surface area contributed by atoms with Crippen LogP contribution in [0.2, 0.25) is 0 Å². The van der Waals surface area contributed by atoms with Crippen LogP contribution in [0.1, 0.15) is 27.6 Å². The Kier molecular flexibility index (Phi) is 3.64. The first-order chi connectivity index (χ1) is 7.19. The fraction of sp³-hybridized carbons (Fsp3) is 0.167. The van der Waals surface area contributed by atoms with E-state index >= 15 is 0 Å². The fourth-order valence-electron chi connectivity index (χ4n) is 1.06. The maximum Gasteiger partial charge on any atom is 0.337 e. The highest BCUT2D eigenvalue weighted by molar-refractivity contribution is 6.09. The molecule has 0 saturated heterocycles. The third kappa shape index (κ3) is 2.68. The van der Waals surface area contributed by atoms with E-state index in [0.29, 0.717) is 11.1 Å². The van der Waals surface area contributed by atoms with Crippen LogP contribution in [-0.4, -0.2) is 18.9 Å². The van der Waals surface area contributed by atoms with Gasteiger partial charge in [0.2, 0.25) is 5.78 Å². The minimum atomic E-state index is -0.421. The maximum absolute atomic E-state index is 11.3. The Balaban J connectivity index is 2.93. The lowest BCUT2D eigenvalue weighted by molar-refractivity contribution is 0.0600. The number of ketones is 1. The highest BCUT2D eigenvalue weighted by Gasteiger charge is 2.06. The van der Waals surface area contributed by atoms with Gasteiger partial charge in [-0.15, -0.1) is 0 Å². The first kappa shape index (κ1) is 11.0. The number of methoxy groups -OCH3 is 1. The maximum atomic E-state index is 11.3. The number of Topliss-reactive ketones (excluding diaryl/α,β-unsaturated/α-hetero) is 1. The van der Waals surface area contributed by atoms with E-state index in [2.05, 4.69) is 16.6 Å². The van der Waals surface area contributed by atoms with Crippen LogP contribution in [0.5, 0.6) is 0 Å². The molecule has 0 aliphatic heterocycles. The Labute approximate surface area is 88.1 Å². The zero-order chi connectivity index (χ0) is 11.3. The van der Waals surface area contributed by atoms with Crippen molar-refractivity contribution in [2.24, 2.45) is 0 Å². The Bertz CT molecular complexity index is 432. The van der Waals surface area contributed by atoms with Gasteiger partial charge in [0.25, 0.3) is 0 Å². The van der Waals surface area contributed by atoms with Gasteiger partial charge in [0.15, 0.2) is 0 Å². The summed E-state index contributed by atoms with van der Waals surface area (Å²) in [5.74, 6) is 4.27. The molecule has 0 heterocycles. The van der Waals surface area contributed by atoms with E-state index in [4.69, 9.17) is 0 Å². The number of carbonyl (C=O) groups excluding carboxylic acids is 2. The van der Waals surface area contributed by atoms with Gasteiger partial charge in [0.1, 0.15) is 0 Å². The zero-order valence-corrected chi connectivity index (χ0v) is 8.53. The number of carbonyl (C=O) groups is 2. The number of esters is 1. The molecule has 76 valence electrons. The zero-order valence-electron chi connectivity index (χ0n) is 8.53. The average molecular weight is 202 g/mol. The van der Waals surface area contributed by atoms with Crippen molar-refractivity contribution in [3.8, 4) is 11.8 Å². The molecule has 0 aromatic heterocycles. The van der Waals surface area contributed by atoms with Crippen LogP contribution in [0.4, 0.5) is 0 Å². The van der Waals surface area contributed by atoms with Crippen LogP contribution in [0.25, 0.3) is 0 Å². The summed E-state index contributed by atoms with van der Waals surface area (Å²) < 4.78 is 4.53. The molecule has 1 rings (SSSR count). The summed E-state index contributed by atoms with van der Waals surface area (Å²) in [6.07, 6.45) is 0. The van der Waals surface area contributed by atoms with Gasteiger partial charge in [-0.1, -0.05) is 5.92 Å². The lowest BCUT2D eigenvalue weighted by atomic mass is 10.1. The standard InChI is InChI=1S/C12H10O3/c1-3-4-11(13)9-5-7-10(8-6-9)12(14)15-2/h5-8H,1-2H3. The van der Waals surface area contributed by atoms with Crippen molar-refractivity contribution in [2.45, 2.75) is 6.92 Å². The smallest absolute Gasteiger partial charge is 0.337 e. The molecule has 15 heavy (non-hydrogen) atoms. The molecule has 3 heteroatoms. The normalized spacial score (nSPS) is 8.67. The fourth-order valence-corrected chi connectivity index (χ4v) is 1.06. The summed E-state index contributed by atoms with van der Waals surface area (Å²) in [4.78, 5) is 22.4. The average Bonchev–Trinajstić information content (AvgIpc) is 2.28. The second-order valence-electron chi connectivity index (χ2n) is 2.77. The van der Waals surface area contributed by atoms with Crippen molar-refractivity contribution in [2.75, 3.05) is 7.11 Å². The minimum absolute atomic E-state index is 0.256. The van der Waals surface area contributed by atoms with Gasteiger partial charge in [-0.25, -0.2) is 4.79 Å². The number of rotatable bonds is 2. The Morgan fingerprint density at radius 1 is 1.13 bits per heavy atom. The molecule has 0 fully saturated rings. The molecular weight excluding hydrogens is 192 g/mol. The molecule has 0 aliphatic carbocycles. The Morgan fingerprint density at radius 2 is 1.67 bits per heavy atom. The Hall–Kier alpha value is -2.08. The molecule has 3 nitrogen and oxygen atoms in total. The van der Waals surface area contributed by atoms with Crippen molar-refractivity contribution >= 4 is 11.8 Å². The summed E-state index contributed by atoms with van der Waals surface area (Å²) in [6, 6.07) is 6.19. The van der Waals surface area contributed by atoms with Crippen molar-refractivity contribution in [3.63, 3.8) is 0 Å². The van der Waals surface area contributed by atoms with Crippen molar-refractivity contribution in [1.82, 2.24) is 0 Å². The minimum Gasteiger partial charge on any atom is -0.465 e. The van der Waals surface area contributed by atoms with E-state index in [-0.39, 0.29) is 5.78 Å². The molecule has 0 amide bonds. The van der Waals surface area contributed by atoms with Crippen LogP contribution in [-0.2, 0) is 4.74 Å². The summed E-state index contributed by atoms with van der Waals surface area (Å²) >= 11 is 0. The summed E-state index contributed by atoms with van der Waals surface area (Å²) in [7, 11) is 1.31. The molecule has 0 saturated carbocycles. The second-order valence-corrected chi connectivity index (χ2v) is 2.77. The Morgan fingerprint density at radius 3 is 2.13 bits per heavy atom. The highest BCUT2D eigenvalue weighted by Crippen LogP contribution is 2.06. The number of ether oxygens (including phenoxy) is 1. The number of hydrogen-bond donors (Lipinski definition) is 0. The van der Waals surface area contributed by atoms with Crippen molar-refractivity contribution in [3.05, 3.63) is 35.4 Å². The van der Waals surface area contributed by atoms with Gasteiger partial charge in [0, 0.05) is 5.56 Å². The van der Waals surface area contributed by atoms with E-state index in [1.165, 1.54) is 19.2 Å².